The van der Waals surface area contributed by atoms with Crippen LogP contribution in [0.3, 0.4) is 0 Å². The lowest BCUT2D eigenvalue weighted by Gasteiger charge is -2.16. The molecule has 0 unspecified atom stereocenters. The molecule has 0 saturated carbocycles. The summed E-state index contributed by atoms with van der Waals surface area (Å²) in [5, 5.41) is 0. The fraction of sp³-hybridized carbons (Fsp3) is 0.154. The third-order valence-electron chi connectivity index (χ3n) is 4.98. The van der Waals surface area contributed by atoms with Crippen molar-refractivity contribution in [3.05, 3.63) is 101 Å². The van der Waals surface area contributed by atoms with Gasteiger partial charge in [0.05, 0.1) is 22.8 Å². The summed E-state index contributed by atoms with van der Waals surface area (Å²) in [5.41, 5.74) is 1.86. The predicted molar refractivity (Wildman–Crippen MR) is 126 cm³/mol. The highest BCUT2D eigenvalue weighted by Gasteiger charge is 2.41. The fourth-order valence-corrected chi connectivity index (χ4v) is 4.49. The Balaban J connectivity index is 1.71. The Hall–Kier alpha value is -3.38. The number of amides is 2. The van der Waals surface area contributed by atoms with E-state index < -0.39 is 17.6 Å². The minimum absolute atomic E-state index is 0.0433. The van der Waals surface area contributed by atoms with Gasteiger partial charge in [-0.1, -0.05) is 61.5 Å². The SMILES string of the molecule is CCCOc1ccc(C2=C(SCc3ccccc3)C(=O)N(c3ccccc3F)C2=O)cc1. The molecule has 32 heavy (non-hydrogen) atoms. The van der Waals surface area contributed by atoms with E-state index in [9.17, 15) is 14.0 Å². The molecule has 1 aliphatic heterocycles. The van der Waals surface area contributed by atoms with Gasteiger partial charge in [0.1, 0.15) is 11.6 Å². The van der Waals surface area contributed by atoms with Crippen molar-refractivity contribution in [3.63, 3.8) is 0 Å². The molecule has 162 valence electrons. The van der Waals surface area contributed by atoms with Gasteiger partial charge in [0, 0.05) is 5.75 Å². The highest BCUT2D eigenvalue weighted by atomic mass is 32.2. The number of halogens is 1. The van der Waals surface area contributed by atoms with Gasteiger partial charge in [-0.3, -0.25) is 9.59 Å². The van der Waals surface area contributed by atoms with Crippen LogP contribution in [0.2, 0.25) is 0 Å². The van der Waals surface area contributed by atoms with Gasteiger partial charge in [-0.05, 0) is 41.8 Å². The van der Waals surface area contributed by atoms with Crippen LogP contribution in [-0.2, 0) is 15.3 Å². The lowest BCUT2D eigenvalue weighted by Crippen LogP contribution is -2.32. The van der Waals surface area contributed by atoms with E-state index >= 15 is 0 Å². The molecule has 6 heteroatoms. The number of ether oxygens (including phenoxy) is 1. The van der Waals surface area contributed by atoms with E-state index in [0.29, 0.717) is 28.6 Å². The summed E-state index contributed by atoms with van der Waals surface area (Å²) in [6, 6.07) is 22.6. The number of imide groups is 1. The van der Waals surface area contributed by atoms with Crippen LogP contribution < -0.4 is 9.64 Å². The molecule has 0 aromatic heterocycles. The van der Waals surface area contributed by atoms with Crippen molar-refractivity contribution in [2.24, 2.45) is 0 Å². The second-order valence-corrected chi connectivity index (χ2v) is 8.23. The Labute approximate surface area is 190 Å². The number of rotatable bonds is 8. The predicted octanol–water partition coefficient (Wildman–Crippen LogP) is 5.83. The molecule has 0 N–H and O–H groups in total. The van der Waals surface area contributed by atoms with Gasteiger partial charge >= 0.3 is 0 Å². The first-order valence-corrected chi connectivity index (χ1v) is 11.4. The minimum Gasteiger partial charge on any atom is -0.494 e. The molecule has 1 heterocycles. The number of anilines is 1. The number of para-hydroxylation sites is 1. The van der Waals surface area contributed by atoms with Gasteiger partial charge < -0.3 is 4.74 Å². The Kier molecular flexibility index (Phi) is 6.71. The van der Waals surface area contributed by atoms with Crippen LogP contribution in [0.15, 0.2) is 83.8 Å². The van der Waals surface area contributed by atoms with Gasteiger partial charge in [-0.2, -0.15) is 0 Å². The maximum absolute atomic E-state index is 14.5. The van der Waals surface area contributed by atoms with Crippen molar-refractivity contribution in [1.29, 1.82) is 0 Å². The van der Waals surface area contributed by atoms with Gasteiger partial charge in [-0.25, -0.2) is 9.29 Å². The first-order chi connectivity index (χ1) is 15.6. The molecule has 0 aliphatic carbocycles. The maximum Gasteiger partial charge on any atom is 0.272 e. The molecule has 0 fully saturated rings. The van der Waals surface area contributed by atoms with Crippen molar-refractivity contribution in [1.82, 2.24) is 0 Å². The van der Waals surface area contributed by atoms with Crippen LogP contribution in [0.25, 0.3) is 5.57 Å². The summed E-state index contributed by atoms with van der Waals surface area (Å²) in [7, 11) is 0. The first kappa shape index (κ1) is 21.8. The lowest BCUT2D eigenvalue weighted by atomic mass is 10.1. The zero-order valence-corrected chi connectivity index (χ0v) is 18.4. The second-order valence-electron chi connectivity index (χ2n) is 7.25. The van der Waals surface area contributed by atoms with Gasteiger partial charge in [0.2, 0.25) is 0 Å². The minimum atomic E-state index is -0.619. The molecule has 0 atom stereocenters. The molecule has 1 aliphatic rings. The second kappa shape index (κ2) is 9.83. The molecule has 0 radical (unpaired) electrons. The number of hydrogen-bond acceptors (Lipinski definition) is 4. The molecule has 0 saturated heterocycles. The number of carbonyl (C=O) groups is 2. The Morgan fingerprint density at radius 1 is 0.875 bits per heavy atom. The summed E-state index contributed by atoms with van der Waals surface area (Å²) in [5.74, 6) is -0.453. The summed E-state index contributed by atoms with van der Waals surface area (Å²) >= 11 is 1.29. The van der Waals surface area contributed by atoms with Crippen molar-refractivity contribution < 1.29 is 18.7 Å². The zero-order valence-electron chi connectivity index (χ0n) is 17.6. The molecule has 0 spiro atoms. The molecule has 3 aromatic rings. The molecular weight excluding hydrogens is 425 g/mol. The third kappa shape index (κ3) is 4.46. The van der Waals surface area contributed by atoms with Crippen molar-refractivity contribution in [2.75, 3.05) is 11.5 Å². The molecule has 2 amide bonds. The Morgan fingerprint density at radius 2 is 1.56 bits per heavy atom. The van der Waals surface area contributed by atoms with Gasteiger partial charge in [-0.15, -0.1) is 11.8 Å². The van der Waals surface area contributed by atoms with E-state index in [-0.39, 0.29) is 11.3 Å². The van der Waals surface area contributed by atoms with Crippen molar-refractivity contribution in [3.8, 4) is 5.75 Å². The highest BCUT2D eigenvalue weighted by Crippen LogP contribution is 2.40. The van der Waals surface area contributed by atoms with Gasteiger partial charge in [0.25, 0.3) is 11.8 Å². The van der Waals surface area contributed by atoms with Crippen LogP contribution in [-0.4, -0.2) is 18.4 Å². The van der Waals surface area contributed by atoms with E-state index in [1.54, 1.807) is 30.3 Å². The van der Waals surface area contributed by atoms with Gasteiger partial charge in [0.15, 0.2) is 0 Å². The van der Waals surface area contributed by atoms with Crippen LogP contribution in [0, 0.1) is 5.82 Å². The van der Waals surface area contributed by atoms with Crippen LogP contribution in [0.1, 0.15) is 24.5 Å². The zero-order chi connectivity index (χ0) is 22.5. The normalized spacial score (nSPS) is 13.8. The van der Waals surface area contributed by atoms with Crippen molar-refractivity contribution >= 4 is 34.8 Å². The van der Waals surface area contributed by atoms with E-state index in [1.165, 1.54) is 30.0 Å². The number of hydrogen-bond donors (Lipinski definition) is 0. The third-order valence-corrected chi connectivity index (χ3v) is 6.12. The summed E-state index contributed by atoms with van der Waals surface area (Å²) in [6.45, 7) is 2.62. The standard InChI is InChI=1S/C26H22FNO3S/c1-2-16-31-20-14-12-19(13-15-20)23-24(32-17-18-8-4-3-5-9-18)26(30)28(25(23)29)22-11-7-6-10-21(22)27/h3-15H,2,16-17H2,1H3. The molecular formula is C26H22FNO3S. The Bertz CT molecular complexity index is 1160. The lowest BCUT2D eigenvalue weighted by molar-refractivity contribution is -0.119. The molecule has 4 rings (SSSR count). The maximum atomic E-state index is 14.5. The quantitative estimate of drug-likeness (QED) is 0.408. The van der Waals surface area contributed by atoms with Crippen LogP contribution >= 0.6 is 11.8 Å². The molecule has 3 aromatic carbocycles. The van der Waals surface area contributed by atoms with E-state index in [4.69, 9.17) is 4.74 Å². The van der Waals surface area contributed by atoms with Crippen LogP contribution in [0.4, 0.5) is 10.1 Å². The average molecular weight is 448 g/mol. The number of nitrogens with zero attached hydrogens (tertiary/aromatic N) is 1. The monoisotopic (exact) mass is 447 g/mol. The first-order valence-electron chi connectivity index (χ1n) is 10.4. The van der Waals surface area contributed by atoms with Crippen molar-refractivity contribution in [2.45, 2.75) is 19.1 Å². The number of benzene rings is 3. The Morgan fingerprint density at radius 3 is 2.25 bits per heavy atom. The topological polar surface area (TPSA) is 46.6 Å². The number of thioether (sulfide) groups is 1. The summed E-state index contributed by atoms with van der Waals surface area (Å²) < 4.78 is 20.1. The summed E-state index contributed by atoms with van der Waals surface area (Å²) in [4.78, 5) is 27.9. The smallest absolute Gasteiger partial charge is 0.272 e. The number of carbonyl (C=O) groups excluding carboxylic acids is 2. The average Bonchev–Trinajstić information content (AvgIpc) is 3.07. The highest BCUT2D eigenvalue weighted by molar-refractivity contribution is 8.03. The molecule has 0 bridgehead atoms. The van der Waals surface area contributed by atoms with E-state index in [1.807, 2.05) is 37.3 Å². The largest absolute Gasteiger partial charge is 0.494 e. The fourth-order valence-electron chi connectivity index (χ4n) is 3.42. The van der Waals surface area contributed by atoms with Crippen LogP contribution in [0.5, 0.6) is 5.75 Å². The molecule has 4 nitrogen and oxygen atoms in total. The van der Waals surface area contributed by atoms with E-state index in [2.05, 4.69) is 0 Å². The summed E-state index contributed by atoms with van der Waals surface area (Å²) in [6.07, 6.45) is 0.887. The van der Waals surface area contributed by atoms with E-state index in [0.717, 1.165) is 16.9 Å².